The Balaban J connectivity index is 1.39. The summed E-state index contributed by atoms with van der Waals surface area (Å²) in [5.41, 5.74) is 2.86. The molecule has 3 unspecified atom stereocenters. The molecule has 3 nitrogen and oxygen atoms in total. The molecule has 0 heterocycles. The van der Waals surface area contributed by atoms with Crippen LogP contribution in [0.2, 0.25) is 0 Å². The van der Waals surface area contributed by atoms with Crippen LogP contribution in [-0.4, -0.2) is 19.5 Å². The van der Waals surface area contributed by atoms with Gasteiger partial charge < -0.3 is 14.2 Å². The van der Waals surface area contributed by atoms with Crippen LogP contribution < -0.4 is 9.47 Å². The van der Waals surface area contributed by atoms with Gasteiger partial charge in [0.25, 0.3) is 0 Å². The number of ether oxygens (including phenoxy) is 3. The highest BCUT2D eigenvalue weighted by Crippen LogP contribution is 2.34. The molecule has 34 heavy (non-hydrogen) atoms. The maximum atomic E-state index is 5.97. The van der Waals surface area contributed by atoms with Crippen molar-refractivity contribution < 1.29 is 14.2 Å². The van der Waals surface area contributed by atoms with Crippen LogP contribution in [-0.2, 0) is 4.74 Å². The van der Waals surface area contributed by atoms with Crippen molar-refractivity contribution in [2.24, 2.45) is 11.8 Å². The van der Waals surface area contributed by atoms with E-state index in [0.717, 1.165) is 17.4 Å². The molecule has 188 valence electrons. The molecule has 0 N–H and O–H groups in total. The summed E-state index contributed by atoms with van der Waals surface area (Å²) < 4.78 is 17.7. The van der Waals surface area contributed by atoms with E-state index in [2.05, 4.69) is 76.2 Å². The average Bonchev–Trinajstić information content (AvgIpc) is 2.86. The molecule has 1 aliphatic carbocycles. The lowest BCUT2D eigenvalue weighted by atomic mass is 9.80. The fraction of sp³-hybridized carbons (Fsp3) is 0.613. The molecule has 1 aliphatic rings. The zero-order chi connectivity index (χ0) is 24.3. The summed E-state index contributed by atoms with van der Waals surface area (Å²) in [6, 6.07) is 17.3. The summed E-state index contributed by atoms with van der Waals surface area (Å²) in [6.07, 6.45) is 8.87. The molecule has 2 aromatic rings. The van der Waals surface area contributed by atoms with Crippen molar-refractivity contribution in [1.29, 1.82) is 0 Å². The fourth-order valence-corrected chi connectivity index (χ4v) is 5.15. The largest absolute Gasteiger partial charge is 0.491 e. The van der Waals surface area contributed by atoms with Gasteiger partial charge in [-0.2, -0.15) is 0 Å². The third kappa shape index (κ3) is 8.34. The van der Waals surface area contributed by atoms with Crippen LogP contribution >= 0.6 is 0 Å². The summed E-state index contributed by atoms with van der Waals surface area (Å²) >= 11 is 0. The van der Waals surface area contributed by atoms with Gasteiger partial charge in [0, 0.05) is 0 Å². The third-order valence-electron chi connectivity index (χ3n) is 7.33. The fourth-order valence-electron chi connectivity index (χ4n) is 5.15. The molecular weight excluding hydrogens is 420 g/mol. The zero-order valence-corrected chi connectivity index (χ0v) is 22.1. The van der Waals surface area contributed by atoms with Gasteiger partial charge in [-0.3, -0.25) is 0 Å². The van der Waals surface area contributed by atoms with Crippen LogP contribution in [0.3, 0.4) is 0 Å². The van der Waals surface area contributed by atoms with E-state index in [1.54, 1.807) is 0 Å². The van der Waals surface area contributed by atoms with Crippen LogP contribution in [0, 0.1) is 11.8 Å². The molecule has 0 spiro atoms. The van der Waals surface area contributed by atoms with Crippen LogP contribution in [0.4, 0.5) is 0 Å². The van der Waals surface area contributed by atoms with Crippen LogP contribution in [0.5, 0.6) is 11.5 Å². The van der Waals surface area contributed by atoms with Gasteiger partial charge in [-0.25, -0.2) is 0 Å². The van der Waals surface area contributed by atoms with Crippen LogP contribution in [0.15, 0.2) is 48.5 Å². The van der Waals surface area contributed by atoms with E-state index in [0.29, 0.717) is 31.0 Å². The van der Waals surface area contributed by atoms with Gasteiger partial charge >= 0.3 is 0 Å². The molecular formula is C31H46O3. The van der Waals surface area contributed by atoms with Crippen molar-refractivity contribution in [2.75, 3.05) is 13.2 Å². The average molecular weight is 467 g/mol. The monoisotopic (exact) mass is 466 g/mol. The van der Waals surface area contributed by atoms with Gasteiger partial charge in [0.15, 0.2) is 6.29 Å². The minimum absolute atomic E-state index is 0.316. The maximum absolute atomic E-state index is 5.97. The first-order chi connectivity index (χ1) is 16.5. The molecule has 0 saturated heterocycles. The lowest BCUT2D eigenvalue weighted by Gasteiger charge is -2.25. The Hall–Kier alpha value is -2.00. The Bertz CT molecular complexity index is 806. The smallest absolute Gasteiger partial charge is 0.197 e. The second-order valence-electron chi connectivity index (χ2n) is 10.5. The molecule has 3 rings (SSSR count). The van der Waals surface area contributed by atoms with Crippen molar-refractivity contribution in [3.05, 3.63) is 59.7 Å². The van der Waals surface area contributed by atoms with Crippen LogP contribution in [0.1, 0.15) is 103 Å². The summed E-state index contributed by atoms with van der Waals surface area (Å²) in [7, 11) is 0. The van der Waals surface area contributed by atoms with Gasteiger partial charge in [-0.05, 0) is 85.3 Å². The molecule has 1 saturated carbocycles. The summed E-state index contributed by atoms with van der Waals surface area (Å²) in [5, 5.41) is 0. The second-order valence-corrected chi connectivity index (χ2v) is 10.5. The van der Waals surface area contributed by atoms with E-state index < -0.39 is 0 Å². The Kier molecular flexibility index (Phi) is 10.8. The minimum Gasteiger partial charge on any atom is -0.491 e. The van der Waals surface area contributed by atoms with Crippen molar-refractivity contribution >= 4 is 0 Å². The lowest BCUT2D eigenvalue weighted by molar-refractivity contribution is -0.0739. The summed E-state index contributed by atoms with van der Waals surface area (Å²) in [5.74, 6) is 4.46. The van der Waals surface area contributed by atoms with E-state index in [1.807, 2.05) is 6.92 Å². The van der Waals surface area contributed by atoms with Crippen molar-refractivity contribution in [3.63, 3.8) is 0 Å². The summed E-state index contributed by atoms with van der Waals surface area (Å²) in [6.45, 7) is 12.2. The predicted octanol–water partition coefficient (Wildman–Crippen LogP) is 8.73. The highest BCUT2D eigenvalue weighted by molar-refractivity contribution is 5.30. The molecule has 0 aliphatic heterocycles. The first-order valence-corrected chi connectivity index (χ1v) is 13.6. The van der Waals surface area contributed by atoms with Gasteiger partial charge in [0.05, 0.1) is 6.61 Å². The Morgan fingerprint density at radius 1 is 0.794 bits per heavy atom. The first kappa shape index (κ1) is 26.6. The Morgan fingerprint density at radius 2 is 1.44 bits per heavy atom. The predicted molar refractivity (Wildman–Crippen MR) is 142 cm³/mol. The SMILES string of the molecule is CCC(C)C(CC(C)C)c1ccc(OC(C)OCCOc2ccc(C3CCCCC3)cc2)cc1. The standard InChI is InChI=1S/C31H46O3/c1-6-24(4)31(22-23(2)3)28-14-18-30(19-15-28)34-25(5)32-20-21-33-29-16-12-27(13-17-29)26-10-8-7-9-11-26/h12-19,23-26,31H,6-11,20-22H2,1-5H3. The number of hydrogen-bond acceptors (Lipinski definition) is 3. The van der Waals surface area contributed by atoms with Crippen LogP contribution in [0.25, 0.3) is 0 Å². The number of rotatable bonds is 13. The number of benzene rings is 2. The van der Waals surface area contributed by atoms with Gasteiger partial charge in [-0.1, -0.05) is 77.6 Å². The Labute approximate surface area is 208 Å². The highest BCUT2D eigenvalue weighted by atomic mass is 16.7. The Morgan fingerprint density at radius 3 is 2.06 bits per heavy atom. The molecule has 0 radical (unpaired) electrons. The zero-order valence-electron chi connectivity index (χ0n) is 22.1. The molecule has 3 atom stereocenters. The highest BCUT2D eigenvalue weighted by Gasteiger charge is 2.19. The lowest BCUT2D eigenvalue weighted by Crippen LogP contribution is -2.20. The minimum atomic E-state index is -0.316. The normalized spacial score (nSPS) is 17.4. The van der Waals surface area contributed by atoms with Gasteiger partial charge in [-0.15, -0.1) is 0 Å². The molecule has 0 bridgehead atoms. The maximum Gasteiger partial charge on any atom is 0.197 e. The topological polar surface area (TPSA) is 27.7 Å². The van der Waals surface area contributed by atoms with Crippen molar-refractivity contribution in [2.45, 2.75) is 97.7 Å². The van der Waals surface area contributed by atoms with Crippen molar-refractivity contribution in [3.8, 4) is 11.5 Å². The molecule has 0 aromatic heterocycles. The van der Waals surface area contributed by atoms with E-state index in [-0.39, 0.29) is 6.29 Å². The molecule has 1 fully saturated rings. The van der Waals surface area contributed by atoms with Crippen molar-refractivity contribution in [1.82, 2.24) is 0 Å². The van der Waals surface area contributed by atoms with E-state index in [4.69, 9.17) is 14.2 Å². The second kappa shape index (κ2) is 13.8. The molecule has 0 amide bonds. The van der Waals surface area contributed by atoms with E-state index in [9.17, 15) is 0 Å². The van der Waals surface area contributed by atoms with Gasteiger partial charge in [0.2, 0.25) is 0 Å². The first-order valence-electron chi connectivity index (χ1n) is 13.6. The molecule has 3 heteroatoms. The number of hydrogen-bond donors (Lipinski definition) is 0. The quantitative estimate of drug-likeness (QED) is 0.218. The van der Waals surface area contributed by atoms with E-state index >= 15 is 0 Å². The molecule has 2 aromatic carbocycles. The van der Waals surface area contributed by atoms with Gasteiger partial charge in [0.1, 0.15) is 18.1 Å². The third-order valence-corrected chi connectivity index (χ3v) is 7.33. The van der Waals surface area contributed by atoms with E-state index in [1.165, 1.54) is 56.1 Å². The summed E-state index contributed by atoms with van der Waals surface area (Å²) in [4.78, 5) is 0.